The van der Waals surface area contributed by atoms with Crippen molar-refractivity contribution in [1.82, 2.24) is 4.72 Å². The minimum Gasteiger partial charge on any atom is -0.394 e. The monoisotopic (exact) mass is 288 g/mol. The Bertz CT molecular complexity index is 591. The molecule has 1 rings (SSSR count). The maximum atomic E-state index is 12.1. The molecule has 7 heteroatoms. The molecular weight excluding hydrogens is 276 g/mol. The third kappa shape index (κ3) is 3.43. The molecule has 0 amide bonds. The fourth-order valence-electron chi connectivity index (χ4n) is 1.26. The summed E-state index contributed by atoms with van der Waals surface area (Å²) < 4.78 is 26.5. The average Bonchev–Trinajstić information content (AvgIpc) is 2.28. The number of rotatable bonds is 4. The first-order valence-corrected chi connectivity index (χ1v) is 6.92. The topological polar surface area (TPSA) is 90.2 Å². The Morgan fingerprint density at radius 3 is 2.61 bits per heavy atom. The molecule has 1 aromatic rings. The highest BCUT2D eigenvalue weighted by molar-refractivity contribution is 7.89. The van der Waals surface area contributed by atoms with Crippen LogP contribution in [0.3, 0.4) is 0 Å². The summed E-state index contributed by atoms with van der Waals surface area (Å²) in [7, 11) is -3.91. The van der Waals surface area contributed by atoms with Gasteiger partial charge in [0.25, 0.3) is 0 Å². The lowest BCUT2D eigenvalue weighted by molar-refractivity contribution is 0.208. The molecule has 0 spiro atoms. The highest BCUT2D eigenvalue weighted by Crippen LogP contribution is 2.21. The van der Waals surface area contributed by atoms with Crippen molar-refractivity contribution in [3.8, 4) is 6.07 Å². The van der Waals surface area contributed by atoms with Crippen LogP contribution in [0.5, 0.6) is 0 Å². The lowest BCUT2D eigenvalue weighted by Gasteiger charge is -2.23. The first-order valence-electron chi connectivity index (χ1n) is 5.06. The number of nitriles is 1. The van der Waals surface area contributed by atoms with Gasteiger partial charge in [-0.05, 0) is 32.0 Å². The van der Waals surface area contributed by atoms with Gasteiger partial charge in [-0.25, -0.2) is 13.1 Å². The highest BCUT2D eigenvalue weighted by atomic mass is 35.5. The minimum atomic E-state index is -3.91. The summed E-state index contributed by atoms with van der Waals surface area (Å²) in [6.45, 7) is 2.69. The number of halogens is 1. The first kappa shape index (κ1) is 14.9. The van der Waals surface area contributed by atoms with Crippen LogP contribution >= 0.6 is 11.6 Å². The molecule has 0 saturated heterocycles. The Kier molecular flexibility index (Phi) is 4.35. The molecule has 1 aromatic carbocycles. The van der Waals surface area contributed by atoms with E-state index in [0.717, 1.165) is 0 Å². The molecule has 5 nitrogen and oxygen atoms in total. The van der Waals surface area contributed by atoms with Crippen LogP contribution in [0.25, 0.3) is 0 Å². The first-order chi connectivity index (χ1) is 8.22. The third-order valence-corrected chi connectivity index (χ3v) is 4.13. The van der Waals surface area contributed by atoms with Crippen molar-refractivity contribution in [3.05, 3.63) is 28.8 Å². The second-order valence-electron chi connectivity index (χ2n) is 4.40. The van der Waals surface area contributed by atoms with Crippen molar-refractivity contribution in [2.24, 2.45) is 0 Å². The SMILES string of the molecule is CC(C)(CO)NS(=O)(=O)c1cc(Cl)ccc1C#N. The molecule has 0 heterocycles. The number of hydrogen-bond donors (Lipinski definition) is 2. The Labute approximate surface area is 111 Å². The second kappa shape index (κ2) is 5.24. The largest absolute Gasteiger partial charge is 0.394 e. The van der Waals surface area contributed by atoms with Gasteiger partial charge in [-0.15, -0.1) is 0 Å². The van der Waals surface area contributed by atoms with E-state index in [0.29, 0.717) is 0 Å². The zero-order valence-electron chi connectivity index (χ0n) is 9.94. The van der Waals surface area contributed by atoms with E-state index in [2.05, 4.69) is 4.72 Å². The molecule has 0 atom stereocenters. The Morgan fingerprint density at radius 2 is 2.11 bits per heavy atom. The van der Waals surface area contributed by atoms with Crippen LogP contribution in [0, 0.1) is 11.3 Å². The predicted octanol–water partition coefficient (Wildman–Crippen LogP) is 1.26. The summed E-state index contributed by atoms with van der Waals surface area (Å²) in [6, 6.07) is 5.77. The maximum Gasteiger partial charge on any atom is 0.242 e. The van der Waals surface area contributed by atoms with Crippen molar-refractivity contribution in [2.45, 2.75) is 24.3 Å². The van der Waals surface area contributed by atoms with Crippen LogP contribution in [0.1, 0.15) is 19.4 Å². The average molecular weight is 289 g/mol. The van der Waals surface area contributed by atoms with Crippen LogP contribution in [0.4, 0.5) is 0 Å². The molecule has 0 aliphatic rings. The number of sulfonamides is 1. The smallest absolute Gasteiger partial charge is 0.242 e. The second-order valence-corrected chi connectivity index (χ2v) is 6.49. The van der Waals surface area contributed by atoms with Crippen molar-refractivity contribution < 1.29 is 13.5 Å². The molecule has 0 aliphatic carbocycles. The number of benzene rings is 1. The van der Waals surface area contributed by atoms with E-state index >= 15 is 0 Å². The number of nitrogens with zero attached hydrogens (tertiary/aromatic N) is 1. The molecule has 0 aromatic heterocycles. The maximum absolute atomic E-state index is 12.1. The highest BCUT2D eigenvalue weighted by Gasteiger charge is 2.27. The van der Waals surface area contributed by atoms with Gasteiger partial charge in [0, 0.05) is 5.02 Å². The molecule has 2 N–H and O–H groups in total. The summed E-state index contributed by atoms with van der Waals surface area (Å²) in [5.41, 5.74) is -1.02. The lowest BCUT2D eigenvalue weighted by Crippen LogP contribution is -2.46. The molecule has 0 saturated carbocycles. The number of hydrogen-bond acceptors (Lipinski definition) is 4. The van der Waals surface area contributed by atoms with Crippen LogP contribution in [0.15, 0.2) is 23.1 Å². The fourth-order valence-corrected chi connectivity index (χ4v) is 3.09. The Morgan fingerprint density at radius 1 is 1.50 bits per heavy atom. The van der Waals surface area contributed by atoms with Gasteiger partial charge in [0.15, 0.2) is 0 Å². The number of aliphatic hydroxyl groups excluding tert-OH is 1. The van der Waals surface area contributed by atoms with E-state index in [1.807, 2.05) is 0 Å². The molecular formula is C11H13ClN2O3S. The van der Waals surface area contributed by atoms with E-state index in [9.17, 15) is 8.42 Å². The van der Waals surface area contributed by atoms with E-state index in [1.54, 1.807) is 6.07 Å². The Hall–Kier alpha value is -1.13. The standard InChI is InChI=1S/C11H13ClN2O3S/c1-11(2,7-15)14-18(16,17)10-5-9(12)4-3-8(10)6-13/h3-5,14-15H,7H2,1-2H3. The van der Waals surface area contributed by atoms with Crippen LogP contribution in [-0.2, 0) is 10.0 Å². The minimum absolute atomic E-state index is 0.000592. The Balaban J connectivity index is 3.30. The summed E-state index contributed by atoms with van der Waals surface area (Å²) in [4.78, 5) is -0.195. The van der Waals surface area contributed by atoms with E-state index in [1.165, 1.54) is 32.0 Å². The number of aliphatic hydroxyl groups is 1. The van der Waals surface area contributed by atoms with Crippen LogP contribution in [0.2, 0.25) is 5.02 Å². The van der Waals surface area contributed by atoms with E-state index in [4.69, 9.17) is 22.0 Å². The van der Waals surface area contributed by atoms with Crippen molar-refractivity contribution in [2.75, 3.05) is 6.61 Å². The van der Waals surface area contributed by atoms with Gasteiger partial charge >= 0.3 is 0 Å². The molecule has 0 bridgehead atoms. The molecule has 98 valence electrons. The molecule has 0 radical (unpaired) electrons. The lowest BCUT2D eigenvalue weighted by atomic mass is 10.1. The number of nitrogens with one attached hydrogen (secondary N) is 1. The quantitative estimate of drug-likeness (QED) is 0.873. The summed E-state index contributed by atoms with van der Waals surface area (Å²) >= 11 is 5.73. The summed E-state index contributed by atoms with van der Waals surface area (Å²) in [6.07, 6.45) is 0. The van der Waals surface area contributed by atoms with Crippen LogP contribution < -0.4 is 4.72 Å². The van der Waals surface area contributed by atoms with Gasteiger partial charge in [-0.3, -0.25) is 0 Å². The van der Waals surface area contributed by atoms with Crippen molar-refractivity contribution in [3.63, 3.8) is 0 Å². The van der Waals surface area contributed by atoms with Gasteiger partial charge < -0.3 is 5.11 Å². The van der Waals surface area contributed by atoms with E-state index < -0.39 is 15.6 Å². The van der Waals surface area contributed by atoms with Crippen molar-refractivity contribution >= 4 is 21.6 Å². The van der Waals surface area contributed by atoms with Gasteiger partial charge in [-0.2, -0.15) is 5.26 Å². The van der Waals surface area contributed by atoms with Gasteiger partial charge in [0.2, 0.25) is 10.0 Å². The summed E-state index contributed by atoms with van der Waals surface area (Å²) in [5, 5.41) is 18.2. The third-order valence-electron chi connectivity index (χ3n) is 2.16. The van der Waals surface area contributed by atoms with Gasteiger partial charge in [0.1, 0.15) is 11.0 Å². The van der Waals surface area contributed by atoms with Gasteiger partial charge in [-0.1, -0.05) is 11.6 Å². The fraction of sp³-hybridized carbons (Fsp3) is 0.364. The van der Waals surface area contributed by atoms with Crippen LogP contribution in [-0.4, -0.2) is 25.7 Å². The zero-order valence-corrected chi connectivity index (χ0v) is 11.5. The molecule has 0 unspecified atom stereocenters. The van der Waals surface area contributed by atoms with Gasteiger partial charge in [0.05, 0.1) is 17.7 Å². The zero-order chi connectivity index (χ0) is 14.0. The molecule has 0 fully saturated rings. The molecule has 0 aliphatic heterocycles. The predicted molar refractivity (Wildman–Crippen MR) is 67.7 cm³/mol. The molecule has 18 heavy (non-hydrogen) atoms. The van der Waals surface area contributed by atoms with E-state index in [-0.39, 0.29) is 22.1 Å². The van der Waals surface area contributed by atoms with Crippen molar-refractivity contribution in [1.29, 1.82) is 5.26 Å². The normalized spacial score (nSPS) is 12.2. The summed E-state index contributed by atoms with van der Waals surface area (Å²) in [5.74, 6) is 0.